The molecule has 1 rings (SSSR count). The zero-order chi connectivity index (χ0) is 11.6. The van der Waals surface area contributed by atoms with Crippen molar-refractivity contribution < 1.29 is 4.79 Å². The molecule has 5 nitrogen and oxygen atoms in total. The number of hydrogen-bond donors (Lipinski definition) is 3. The summed E-state index contributed by atoms with van der Waals surface area (Å²) in [6, 6.07) is 1.91. The highest BCUT2D eigenvalue weighted by Gasteiger charge is 2.17. The first-order chi connectivity index (χ1) is 7.02. The lowest BCUT2D eigenvalue weighted by molar-refractivity contribution is 0.0996. The quantitative estimate of drug-likeness (QED) is 0.528. The average molecular weight is 240 g/mol. The third-order valence-electron chi connectivity index (χ3n) is 1.76. The third-order valence-corrected chi connectivity index (χ3v) is 2.88. The fourth-order valence-electron chi connectivity index (χ4n) is 1.14. The minimum absolute atomic E-state index is 0.142. The van der Waals surface area contributed by atoms with E-state index in [1.165, 1.54) is 11.8 Å². The highest BCUT2D eigenvalue weighted by atomic mass is 32.2. The first-order valence-corrected chi connectivity index (χ1v) is 5.45. The second-order valence-corrected chi connectivity index (χ2v) is 3.85. The Morgan fingerprint density at radius 2 is 2.27 bits per heavy atom. The zero-order valence-corrected chi connectivity index (χ0v) is 9.46. The van der Waals surface area contributed by atoms with Crippen LogP contribution in [0.4, 0.5) is 5.82 Å². The number of aromatic nitrogens is 1. The number of carbonyl (C=O) groups excluding carboxylic acids is 1. The van der Waals surface area contributed by atoms with Crippen molar-refractivity contribution in [2.45, 2.75) is 4.90 Å². The van der Waals surface area contributed by atoms with Gasteiger partial charge >= 0.3 is 0 Å². The van der Waals surface area contributed by atoms with Gasteiger partial charge in [-0.3, -0.25) is 4.79 Å². The molecule has 0 aliphatic carbocycles. The van der Waals surface area contributed by atoms with Crippen molar-refractivity contribution in [3.8, 4) is 6.07 Å². The monoisotopic (exact) mass is 240 g/mol. The Balaban J connectivity index is 3.74. The van der Waals surface area contributed by atoms with Crippen molar-refractivity contribution in [3.63, 3.8) is 0 Å². The molecule has 0 aromatic carbocycles. The molecule has 78 valence electrons. The molecule has 0 spiro atoms. The van der Waals surface area contributed by atoms with Crippen molar-refractivity contribution in [2.24, 2.45) is 5.73 Å². The minimum atomic E-state index is -0.669. The molecule has 1 aromatic heterocycles. The number of carbonyl (C=O) groups is 1. The Kier molecular flexibility index (Phi) is 3.34. The molecule has 7 heteroatoms. The average Bonchev–Trinajstić information content (AvgIpc) is 2.15. The molecule has 0 aliphatic rings. The van der Waals surface area contributed by atoms with E-state index < -0.39 is 5.91 Å². The van der Waals surface area contributed by atoms with Crippen LogP contribution in [0.25, 0.3) is 0 Å². The number of primary amides is 1. The first kappa shape index (κ1) is 11.6. The molecule has 1 amide bonds. The fourth-order valence-corrected chi connectivity index (χ4v) is 2.28. The van der Waals surface area contributed by atoms with E-state index in [0.717, 1.165) is 0 Å². The maximum Gasteiger partial charge on any atom is 0.252 e. The van der Waals surface area contributed by atoms with Crippen molar-refractivity contribution in [1.82, 2.24) is 4.98 Å². The van der Waals surface area contributed by atoms with Crippen LogP contribution in [0, 0.1) is 16.0 Å². The van der Waals surface area contributed by atoms with Gasteiger partial charge in [-0.1, -0.05) is 12.2 Å². The number of amides is 1. The molecule has 0 bridgehead atoms. The van der Waals surface area contributed by atoms with Crippen LogP contribution in [0.1, 0.15) is 15.9 Å². The number of nitrogens with two attached hydrogens (primary N) is 2. The van der Waals surface area contributed by atoms with Gasteiger partial charge in [-0.05, 0) is 6.26 Å². The number of nitrogens with zero attached hydrogens (tertiary/aromatic N) is 1. The van der Waals surface area contributed by atoms with E-state index >= 15 is 0 Å². The summed E-state index contributed by atoms with van der Waals surface area (Å²) in [5.41, 5.74) is 11.1. The maximum atomic E-state index is 11.2. The Labute approximate surface area is 95.5 Å². The van der Waals surface area contributed by atoms with E-state index in [9.17, 15) is 4.79 Å². The van der Waals surface area contributed by atoms with Crippen LogP contribution < -0.4 is 11.5 Å². The van der Waals surface area contributed by atoms with Gasteiger partial charge in [-0.25, -0.2) is 0 Å². The number of hydrogen-bond acceptors (Lipinski definition) is 5. The highest BCUT2D eigenvalue weighted by molar-refractivity contribution is 7.98. The second kappa shape index (κ2) is 4.33. The van der Waals surface area contributed by atoms with Gasteiger partial charge in [-0.2, -0.15) is 5.26 Å². The molecule has 1 aromatic rings. The molecule has 0 aliphatic heterocycles. The molecule has 0 unspecified atom stereocenters. The molecule has 0 fully saturated rings. The number of nitrogens with one attached hydrogen (secondary N) is 1. The van der Waals surface area contributed by atoms with Crippen molar-refractivity contribution in [1.29, 1.82) is 5.26 Å². The van der Waals surface area contributed by atoms with Gasteiger partial charge in [0.15, 0.2) is 0 Å². The number of pyridine rings is 1. The first-order valence-electron chi connectivity index (χ1n) is 3.82. The fraction of sp³-hybridized carbons (Fsp3) is 0.125. The van der Waals surface area contributed by atoms with Crippen molar-refractivity contribution in [3.05, 3.63) is 15.8 Å². The topological polar surface area (TPSA) is 109 Å². The van der Waals surface area contributed by atoms with Gasteiger partial charge in [0.1, 0.15) is 22.1 Å². The van der Waals surface area contributed by atoms with Crippen LogP contribution >= 0.6 is 24.0 Å². The lowest BCUT2D eigenvalue weighted by atomic mass is 10.2. The molecule has 0 saturated heterocycles. The number of thioether (sulfide) groups is 1. The molecular formula is C8H8N4OS2. The Hall–Kier alpha value is -1.52. The summed E-state index contributed by atoms with van der Waals surface area (Å²) in [5, 5.41) is 8.88. The van der Waals surface area contributed by atoms with Crippen LogP contribution in [-0.2, 0) is 0 Å². The summed E-state index contributed by atoms with van der Waals surface area (Å²) in [6.45, 7) is 0. The molecular weight excluding hydrogens is 232 g/mol. The third kappa shape index (κ3) is 1.95. The smallest absolute Gasteiger partial charge is 0.252 e. The summed E-state index contributed by atoms with van der Waals surface area (Å²) >= 11 is 6.13. The van der Waals surface area contributed by atoms with E-state index in [1.54, 1.807) is 6.26 Å². The van der Waals surface area contributed by atoms with Gasteiger partial charge in [0.05, 0.1) is 5.56 Å². The molecule has 0 atom stereocenters. The standard InChI is InChI=1S/C8H8N4OS2/c1-15-5-3(2-9)6(10)12-8(14)4(5)7(11)13/h1H3,(H2,11,13)(H3,10,12,14). The predicted octanol–water partition coefficient (Wildman–Crippen LogP) is 1.02. The predicted molar refractivity (Wildman–Crippen MR) is 61.1 cm³/mol. The number of nitriles is 1. The SMILES string of the molecule is CSc1c(C#N)c(N)[nH]c(=S)c1C(N)=O. The van der Waals surface area contributed by atoms with E-state index in [4.69, 9.17) is 28.9 Å². The normalized spacial score (nSPS) is 9.60. The molecule has 1 heterocycles. The van der Waals surface area contributed by atoms with E-state index in [-0.39, 0.29) is 21.6 Å². The Bertz CT molecular complexity index is 515. The van der Waals surface area contributed by atoms with Crippen LogP contribution in [0.15, 0.2) is 4.90 Å². The number of anilines is 1. The van der Waals surface area contributed by atoms with Crippen LogP contribution in [0.5, 0.6) is 0 Å². The zero-order valence-electron chi connectivity index (χ0n) is 7.83. The second-order valence-electron chi connectivity index (χ2n) is 2.63. The summed E-state index contributed by atoms with van der Waals surface area (Å²) in [5.74, 6) is -0.519. The maximum absolute atomic E-state index is 11.2. The van der Waals surface area contributed by atoms with Crippen molar-refractivity contribution >= 4 is 35.7 Å². The molecule has 5 N–H and O–H groups in total. The Morgan fingerprint density at radius 3 is 2.67 bits per heavy atom. The van der Waals surface area contributed by atoms with Crippen LogP contribution in [0.3, 0.4) is 0 Å². The van der Waals surface area contributed by atoms with Gasteiger partial charge in [0.25, 0.3) is 5.91 Å². The lowest BCUT2D eigenvalue weighted by Crippen LogP contribution is -2.15. The van der Waals surface area contributed by atoms with Gasteiger partial charge in [0.2, 0.25) is 0 Å². The van der Waals surface area contributed by atoms with Crippen LogP contribution in [0.2, 0.25) is 0 Å². The number of aromatic amines is 1. The summed E-state index contributed by atoms with van der Waals surface area (Å²) < 4.78 is 0.156. The highest BCUT2D eigenvalue weighted by Crippen LogP contribution is 2.27. The Morgan fingerprint density at radius 1 is 1.67 bits per heavy atom. The molecule has 0 saturated carbocycles. The summed E-state index contributed by atoms with van der Waals surface area (Å²) in [4.78, 5) is 14.1. The summed E-state index contributed by atoms with van der Waals surface area (Å²) in [6.07, 6.45) is 1.72. The van der Waals surface area contributed by atoms with Gasteiger partial charge < -0.3 is 16.5 Å². The van der Waals surface area contributed by atoms with E-state index in [0.29, 0.717) is 4.90 Å². The van der Waals surface area contributed by atoms with E-state index in [2.05, 4.69) is 4.98 Å². The van der Waals surface area contributed by atoms with Gasteiger partial charge in [-0.15, -0.1) is 11.8 Å². The van der Waals surface area contributed by atoms with Crippen LogP contribution in [-0.4, -0.2) is 17.1 Å². The van der Waals surface area contributed by atoms with E-state index in [1.807, 2.05) is 6.07 Å². The number of H-pyrrole nitrogens is 1. The molecule has 0 radical (unpaired) electrons. The lowest BCUT2D eigenvalue weighted by Gasteiger charge is -2.08. The number of nitrogen functional groups attached to an aromatic ring is 1. The van der Waals surface area contributed by atoms with Gasteiger partial charge in [0, 0.05) is 4.90 Å². The van der Waals surface area contributed by atoms with Crippen molar-refractivity contribution in [2.75, 3.05) is 12.0 Å². The molecule has 15 heavy (non-hydrogen) atoms. The minimum Gasteiger partial charge on any atom is -0.384 e. The largest absolute Gasteiger partial charge is 0.384 e. The summed E-state index contributed by atoms with van der Waals surface area (Å²) in [7, 11) is 0. The number of rotatable bonds is 2.